The molecular formula is C77H86BN3. The fourth-order valence-corrected chi connectivity index (χ4v) is 16.9. The zero-order chi connectivity index (χ0) is 57.5. The minimum absolute atomic E-state index is 0.000828. The third kappa shape index (κ3) is 8.33. The molecule has 5 aliphatic rings. The van der Waals surface area contributed by atoms with Gasteiger partial charge in [-0.3, -0.25) is 0 Å². The molecule has 4 heteroatoms. The molecule has 0 N–H and O–H groups in total. The molecule has 0 spiro atoms. The third-order valence-electron chi connectivity index (χ3n) is 20.1. The highest BCUT2D eigenvalue weighted by atomic mass is 15.2. The van der Waals surface area contributed by atoms with Gasteiger partial charge >= 0.3 is 0 Å². The Morgan fingerprint density at radius 2 is 0.802 bits per heavy atom. The summed E-state index contributed by atoms with van der Waals surface area (Å²) in [5.74, 6) is 0. The van der Waals surface area contributed by atoms with Gasteiger partial charge < -0.3 is 14.7 Å². The number of hydrogen-bond acceptors (Lipinski definition) is 3. The molecule has 412 valence electrons. The van der Waals surface area contributed by atoms with Gasteiger partial charge in [-0.25, -0.2) is 0 Å². The van der Waals surface area contributed by atoms with E-state index in [1.165, 1.54) is 106 Å². The lowest BCUT2D eigenvalue weighted by atomic mass is 9.33. The van der Waals surface area contributed by atoms with Crippen molar-refractivity contribution in [3.63, 3.8) is 0 Å². The number of benzene rings is 8. The molecule has 2 aliphatic heterocycles. The van der Waals surface area contributed by atoms with Crippen molar-refractivity contribution in [3.8, 4) is 11.1 Å². The van der Waals surface area contributed by atoms with Gasteiger partial charge in [0.1, 0.15) is 0 Å². The minimum atomic E-state index is -0.0817. The molecule has 0 atom stereocenters. The Kier molecular flexibility index (Phi) is 11.5. The van der Waals surface area contributed by atoms with Crippen molar-refractivity contribution in [2.75, 3.05) is 14.7 Å². The molecular weight excluding hydrogens is 978 g/mol. The SMILES string of the molecule is CC(C)(C)c1ccc2c(c1)B1c3cc4c(cc3N(c3ccc5c(c3)C(C)(C)CC5(C)C)c3cc(N(c5ccccc5)c5ccccc5)cc(c31)N2c1ccc(C(C)(C)C)cc1-c1ccc2c(c1)C(C)(C)CC2(C)C)C(C)(C)CC4(C)C. The first kappa shape index (κ1) is 53.5. The number of anilines is 9. The fraction of sp³-hybridized carbons (Fsp3) is 0.377. The van der Waals surface area contributed by atoms with Crippen LogP contribution in [0.4, 0.5) is 51.2 Å². The van der Waals surface area contributed by atoms with E-state index in [1.54, 1.807) is 0 Å². The van der Waals surface area contributed by atoms with Crippen LogP contribution >= 0.6 is 0 Å². The van der Waals surface area contributed by atoms with Crippen LogP contribution in [0.25, 0.3) is 11.1 Å². The van der Waals surface area contributed by atoms with Crippen LogP contribution in [-0.4, -0.2) is 6.71 Å². The number of rotatable bonds is 6. The number of hydrogen-bond donors (Lipinski definition) is 0. The first-order valence-electron chi connectivity index (χ1n) is 30.3. The molecule has 8 aromatic carbocycles. The van der Waals surface area contributed by atoms with Crippen LogP contribution in [-0.2, 0) is 43.3 Å². The van der Waals surface area contributed by atoms with Crippen LogP contribution < -0.4 is 31.1 Å². The molecule has 13 rings (SSSR count). The molecule has 0 radical (unpaired) electrons. The Hall–Kier alpha value is -6.78. The Labute approximate surface area is 486 Å². The highest BCUT2D eigenvalue weighted by Crippen LogP contribution is 2.57. The molecule has 0 aromatic heterocycles. The Bertz CT molecular complexity index is 3850. The van der Waals surface area contributed by atoms with Gasteiger partial charge in [0.2, 0.25) is 0 Å². The lowest BCUT2D eigenvalue weighted by Crippen LogP contribution is -2.61. The van der Waals surface area contributed by atoms with Gasteiger partial charge in [0, 0.05) is 45.4 Å². The molecule has 0 bridgehead atoms. The summed E-state index contributed by atoms with van der Waals surface area (Å²) in [6.07, 6.45) is 3.33. The maximum atomic E-state index is 2.72. The summed E-state index contributed by atoms with van der Waals surface area (Å²) < 4.78 is 0. The maximum Gasteiger partial charge on any atom is 0.252 e. The molecule has 3 aliphatic carbocycles. The van der Waals surface area contributed by atoms with Gasteiger partial charge in [0.05, 0.1) is 11.4 Å². The summed E-state index contributed by atoms with van der Waals surface area (Å²) in [6, 6.07) is 62.5. The number of para-hydroxylation sites is 2. The van der Waals surface area contributed by atoms with E-state index >= 15 is 0 Å². The van der Waals surface area contributed by atoms with Crippen LogP contribution in [0.1, 0.15) is 188 Å². The monoisotopic (exact) mass is 1060 g/mol. The van der Waals surface area contributed by atoms with Crippen molar-refractivity contribution >= 4 is 74.3 Å². The van der Waals surface area contributed by atoms with Crippen molar-refractivity contribution in [1.82, 2.24) is 0 Å². The van der Waals surface area contributed by atoms with Crippen molar-refractivity contribution < 1.29 is 0 Å². The third-order valence-corrected chi connectivity index (χ3v) is 20.1. The van der Waals surface area contributed by atoms with Crippen LogP contribution in [0, 0.1) is 0 Å². The normalized spacial score (nSPS) is 18.9. The van der Waals surface area contributed by atoms with E-state index in [2.05, 4.69) is 297 Å². The van der Waals surface area contributed by atoms with E-state index in [0.717, 1.165) is 36.3 Å². The Balaban J connectivity index is 1.20. The van der Waals surface area contributed by atoms with Crippen LogP contribution in [0.5, 0.6) is 0 Å². The standard InChI is InChI=1S/C77H86BN3/c1-70(2,3)49-30-35-64(55(38-49)48-29-33-56-58(37-48)74(11,12)45-72(56,7)8)81-65-36-31-50(71(4,5)6)39-62(65)78-63-43-60-61(77(17,18)47-76(60,15)16)44-66(63)80(53-32-34-57-59(40-53)75(13,14)46-73(57,9)10)67-41-54(42-68(81)69(67)78)79(51-25-21-19-22-26-51)52-27-23-20-24-28-52/h19-44H,45-47H2,1-18H3. The van der Waals surface area contributed by atoms with Gasteiger partial charge in [-0.05, 0) is 202 Å². The van der Waals surface area contributed by atoms with Gasteiger partial charge in [0.25, 0.3) is 6.71 Å². The summed E-state index contributed by atoms with van der Waals surface area (Å²) >= 11 is 0. The lowest BCUT2D eigenvalue weighted by Gasteiger charge is -2.46. The smallest absolute Gasteiger partial charge is 0.252 e. The molecule has 3 nitrogen and oxygen atoms in total. The van der Waals surface area contributed by atoms with Crippen LogP contribution in [0.3, 0.4) is 0 Å². The summed E-state index contributed by atoms with van der Waals surface area (Å²) in [5, 5.41) is 0. The van der Waals surface area contributed by atoms with Crippen LogP contribution in [0.15, 0.2) is 158 Å². The lowest BCUT2D eigenvalue weighted by molar-refractivity contribution is 0.402. The zero-order valence-corrected chi connectivity index (χ0v) is 52.1. The van der Waals surface area contributed by atoms with Gasteiger partial charge in [-0.2, -0.15) is 0 Å². The highest BCUT2D eigenvalue weighted by molar-refractivity contribution is 7.00. The minimum Gasteiger partial charge on any atom is -0.311 e. The summed E-state index contributed by atoms with van der Waals surface area (Å²) in [7, 11) is 0. The van der Waals surface area contributed by atoms with E-state index in [4.69, 9.17) is 0 Å². The van der Waals surface area contributed by atoms with E-state index in [-0.39, 0.29) is 50.0 Å². The molecule has 0 unspecified atom stereocenters. The maximum absolute atomic E-state index is 2.72. The van der Waals surface area contributed by atoms with Gasteiger partial charge in [0.15, 0.2) is 0 Å². The molecule has 0 saturated heterocycles. The molecule has 0 saturated carbocycles. The van der Waals surface area contributed by atoms with Crippen molar-refractivity contribution in [2.24, 2.45) is 0 Å². The van der Waals surface area contributed by atoms with Gasteiger partial charge in [-0.15, -0.1) is 0 Å². The Morgan fingerprint density at radius 3 is 1.35 bits per heavy atom. The second kappa shape index (κ2) is 17.4. The second-order valence-electron chi connectivity index (χ2n) is 31.3. The summed E-state index contributed by atoms with van der Waals surface area (Å²) in [6.45, 7) is 43.7. The average molecular weight is 1060 g/mol. The van der Waals surface area contributed by atoms with Crippen molar-refractivity contribution in [3.05, 3.63) is 202 Å². The predicted molar refractivity (Wildman–Crippen MR) is 350 cm³/mol. The molecule has 0 amide bonds. The highest BCUT2D eigenvalue weighted by Gasteiger charge is 2.50. The summed E-state index contributed by atoms with van der Waals surface area (Å²) in [4.78, 5) is 7.92. The zero-order valence-electron chi connectivity index (χ0n) is 52.1. The predicted octanol–water partition coefficient (Wildman–Crippen LogP) is 19.4. The number of fused-ring (bicyclic) bond motifs is 7. The quantitative estimate of drug-likeness (QED) is 0.154. The van der Waals surface area contributed by atoms with Gasteiger partial charge in [-0.1, -0.05) is 210 Å². The second-order valence-corrected chi connectivity index (χ2v) is 31.3. The average Bonchev–Trinajstić information content (AvgIpc) is 1.80. The van der Waals surface area contributed by atoms with E-state index in [1.807, 2.05) is 0 Å². The summed E-state index contributed by atoms with van der Waals surface area (Å²) in [5.41, 5.74) is 29.0. The number of nitrogens with zero attached hydrogens (tertiary/aromatic N) is 3. The largest absolute Gasteiger partial charge is 0.311 e. The van der Waals surface area contributed by atoms with Crippen molar-refractivity contribution in [1.29, 1.82) is 0 Å². The molecule has 2 heterocycles. The molecule has 0 fully saturated rings. The first-order valence-corrected chi connectivity index (χ1v) is 30.3. The Morgan fingerprint density at radius 1 is 0.358 bits per heavy atom. The van der Waals surface area contributed by atoms with Crippen LogP contribution in [0.2, 0.25) is 0 Å². The van der Waals surface area contributed by atoms with E-state index in [9.17, 15) is 0 Å². The topological polar surface area (TPSA) is 9.72 Å². The van der Waals surface area contributed by atoms with E-state index < -0.39 is 0 Å². The molecule has 81 heavy (non-hydrogen) atoms. The first-order chi connectivity index (χ1) is 37.9. The molecule has 8 aromatic rings. The fourth-order valence-electron chi connectivity index (χ4n) is 16.9. The van der Waals surface area contributed by atoms with Crippen molar-refractivity contribution in [2.45, 2.75) is 187 Å². The van der Waals surface area contributed by atoms with E-state index in [0.29, 0.717) is 0 Å².